The Morgan fingerprint density at radius 1 is 1.21 bits per heavy atom. The van der Waals surface area contributed by atoms with E-state index in [0.29, 0.717) is 13.2 Å². The van der Waals surface area contributed by atoms with E-state index in [2.05, 4.69) is 5.32 Å². The van der Waals surface area contributed by atoms with Crippen LogP contribution in [0.2, 0.25) is 0 Å². The van der Waals surface area contributed by atoms with Gasteiger partial charge in [0.2, 0.25) is 5.91 Å². The summed E-state index contributed by atoms with van der Waals surface area (Å²) in [4.78, 5) is 25.7. The first-order valence-corrected chi connectivity index (χ1v) is 8.57. The predicted octanol–water partition coefficient (Wildman–Crippen LogP) is 2.08. The van der Waals surface area contributed by atoms with Crippen LogP contribution in [0.1, 0.15) is 31.2 Å². The van der Waals surface area contributed by atoms with E-state index in [1.54, 1.807) is 0 Å². The highest BCUT2D eigenvalue weighted by Gasteiger charge is 2.31. The van der Waals surface area contributed by atoms with E-state index < -0.39 is 0 Å². The molecule has 1 aliphatic heterocycles. The van der Waals surface area contributed by atoms with E-state index in [1.165, 1.54) is 0 Å². The number of hydrogen-bond acceptors (Lipinski definition) is 4. The normalized spacial score (nSPS) is 24.5. The SMILES string of the molecule is O=C(NC1CCC(N2CCOCC2=O)CC1)OCc1ccccc1. The fraction of sp³-hybridized carbons (Fsp3) is 0.556. The second-order valence-corrected chi connectivity index (χ2v) is 6.35. The molecule has 0 atom stereocenters. The molecular weight excluding hydrogens is 308 g/mol. The minimum absolute atomic E-state index is 0.0833. The summed E-state index contributed by atoms with van der Waals surface area (Å²) in [6.45, 7) is 1.78. The Balaban J connectivity index is 1.38. The molecule has 2 amide bonds. The monoisotopic (exact) mass is 332 g/mol. The molecule has 0 spiro atoms. The molecule has 0 unspecified atom stereocenters. The van der Waals surface area contributed by atoms with Crippen LogP contribution >= 0.6 is 0 Å². The smallest absolute Gasteiger partial charge is 0.407 e. The lowest BCUT2D eigenvalue weighted by Crippen LogP contribution is -2.50. The second-order valence-electron chi connectivity index (χ2n) is 6.35. The zero-order valence-corrected chi connectivity index (χ0v) is 13.8. The third-order valence-electron chi connectivity index (χ3n) is 4.69. The van der Waals surface area contributed by atoms with Crippen molar-refractivity contribution in [2.24, 2.45) is 0 Å². The standard InChI is InChI=1S/C18H24N2O4/c21-17-13-23-11-10-20(17)16-8-6-15(7-9-16)19-18(22)24-12-14-4-2-1-3-5-14/h1-5,15-16H,6-13H2,(H,19,22). The molecule has 1 aromatic carbocycles. The molecule has 130 valence electrons. The summed E-state index contributed by atoms with van der Waals surface area (Å²) < 4.78 is 10.4. The quantitative estimate of drug-likeness (QED) is 0.917. The van der Waals surface area contributed by atoms with Crippen molar-refractivity contribution in [2.45, 2.75) is 44.4 Å². The molecule has 1 saturated heterocycles. The molecule has 1 heterocycles. The third-order valence-corrected chi connectivity index (χ3v) is 4.69. The number of morpholine rings is 1. The van der Waals surface area contributed by atoms with E-state index in [9.17, 15) is 9.59 Å². The van der Waals surface area contributed by atoms with Crippen LogP contribution in [0.15, 0.2) is 30.3 Å². The van der Waals surface area contributed by atoms with E-state index >= 15 is 0 Å². The van der Waals surface area contributed by atoms with Gasteiger partial charge >= 0.3 is 6.09 Å². The van der Waals surface area contributed by atoms with Gasteiger partial charge in [-0.25, -0.2) is 4.79 Å². The number of hydrogen-bond donors (Lipinski definition) is 1. The van der Waals surface area contributed by atoms with Crippen LogP contribution < -0.4 is 5.32 Å². The number of nitrogens with zero attached hydrogens (tertiary/aromatic N) is 1. The molecule has 3 rings (SSSR count). The average Bonchev–Trinajstić information content (AvgIpc) is 2.62. The van der Waals surface area contributed by atoms with Crippen molar-refractivity contribution >= 4 is 12.0 Å². The van der Waals surface area contributed by atoms with Crippen molar-refractivity contribution < 1.29 is 19.1 Å². The number of nitrogens with one attached hydrogen (secondary N) is 1. The van der Waals surface area contributed by atoms with Crippen LogP contribution in [0.3, 0.4) is 0 Å². The fourth-order valence-corrected chi connectivity index (χ4v) is 3.38. The maximum Gasteiger partial charge on any atom is 0.407 e. The molecule has 6 nitrogen and oxygen atoms in total. The van der Waals surface area contributed by atoms with Gasteiger partial charge in [0, 0.05) is 18.6 Å². The van der Waals surface area contributed by atoms with Gasteiger partial charge in [0.25, 0.3) is 0 Å². The van der Waals surface area contributed by atoms with Gasteiger partial charge in [-0.3, -0.25) is 4.79 Å². The van der Waals surface area contributed by atoms with Crippen LogP contribution in [0.4, 0.5) is 4.79 Å². The summed E-state index contributed by atoms with van der Waals surface area (Å²) in [7, 11) is 0. The number of rotatable bonds is 4. The second kappa shape index (κ2) is 8.15. The molecule has 0 aromatic heterocycles. The zero-order chi connectivity index (χ0) is 16.8. The maximum atomic E-state index is 11.9. The summed E-state index contributed by atoms with van der Waals surface area (Å²) in [6, 6.07) is 10.0. The van der Waals surface area contributed by atoms with Crippen LogP contribution in [0, 0.1) is 0 Å². The molecule has 6 heteroatoms. The lowest BCUT2D eigenvalue weighted by Gasteiger charge is -2.38. The molecule has 0 radical (unpaired) electrons. The van der Waals surface area contributed by atoms with Crippen molar-refractivity contribution in [1.29, 1.82) is 0 Å². The Labute approximate surface area is 142 Å². The third kappa shape index (κ3) is 4.47. The van der Waals surface area contributed by atoms with Crippen molar-refractivity contribution in [3.05, 3.63) is 35.9 Å². The van der Waals surface area contributed by atoms with Gasteiger partial charge in [0.15, 0.2) is 0 Å². The van der Waals surface area contributed by atoms with Gasteiger partial charge in [0.05, 0.1) is 6.61 Å². The highest BCUT2D eigenvalue weighted by atomic mass is 16.5. The molecule has 2 fully saturated rings. The topological polar surface area (TPSA) is 67.9 Å². The predicted molar refractivity (Wildman–Crippen MR) is 88.3 cm³/mol. The van der Waals surface area contributed by atoms with Crippen molar-refractivity contribution in [2.75, 3.05) is 19.8 Å². The van der Waals surface area contributed by atoms with E-state index in [-0.39, 0.29) is 37.3 Å². The summed E-state index contributed by atoms with van der Waals surface area (Å²) in [6.07, 6.45) is 3.20. The summed E-state index contributed by atoms with van der Waals surface area (Å²) in [5.74, 6) is 0.0833. The minimum atomic E-state index is -0.371. The highest BCUT2D eigenvalue weighted by Crippen LogP contribution is 2.24. The van der Waals surface area contributed by atoms with Crippen LogP contribution in [0.5, 0.6) is 0 Å². The summed E-state index contributed by atoms with van der Waals surface area (Å²) in [5, 5.41) is 2.93. The van der Waals surface area contributed by atoms with Gasteiger partial charge < -0.3 is 19.7 Å². The molecule has 1 aliphatic carbocycles. The first kappa shape index (κ1) is 16.8. The number of carbonyl (C=O) groups excluding carboxylic acids is 2. The van der Waals surface area contributed by atoms with E-state index in [4.69, 9.17) is 9.47 Å². The number of ether oxygens (including phenoxy) is 2. The van der Waals surface area contributed by atoms with Crippen molar-refractivity contribution in [3.63, 3.8) is 0 Å². The maximum absolute atomic E-state index is 11.9. The minimum Gasteiger partial charge on any atom is -0.445 e. The molecule has 1 N–H and O–H groups in total. The van der Waals surface area contributed by atoms with Crippen LogP contribution in [-0.2, 0) is 20.9 Å². The van der Waals surface area contributed by atoms with Gasteiger partial charge in [-0.1, -0.05) is 30.3 Å². The molecule has 1 aromatic rings. The zero-order valence-electron chi connectivity index (χ0n) is 13.8. The lowest BCUT2D eigenvalue weighted by atomic mass is 9.90. The summed E-state index contributed by atoms with van der Waals surface area (Å²) >= 11 is 0. The summed E-state index contributed by atoms with van der Waals surface area (Å²) in [5.41, 5.74) is 0.974. The van der Waals surface area contributed by atoms with Gasteiger partial charge in [-0.15, -0.1) is 0 Å². The van der Waals surface area contributed by atoms with Crippen LogP contribution in [0.25, 0.3) is 0 Å². The van der Waals surface area contributed by atoms with E-state index in [0.717, 1.165) is 31.2 Å². The number of alkyl carbamates (subject to hydrolysis) is 1. The number of benzene rings is 1. The Bertz CT molecular complexity index is 555. The van der Waals surface area contributed by atoms with Gasteiger partial charge in [0.1, 0.15) is 13.2 Å². The number of amides is 2. The van der Waals surface area contributed by atoms with Crippen LogP contribution in [-0.4, -0.2) is 48.7 Å². The van der Waals surface area contributed by atoms with E-state index in [1.807, 2.05) is 35.2 Å². The first-order chi connectivity index (χ1) is 11.7. The lowest BCUT2D eigenvalue weighted by molar-refractivity contribution is -0.146. The Hall–Kier alpha value is -2.08. The number of carbonyl (C=O) groups is 2. The Morgan fingerprint density at radius 2 is 1.96 bits per heavy atom. The molecule has 1 saturated carbocycles. The molecule has 24 heavy (non-hydrogen) atoms. The molecule has 2 aliphatic rings. The average molecular weight is 332 g/mol. The van der Waals surface area contributed by atoms with Crippen molar-refractivity contribution in [1.82, 2.24) is 10.2 Å². The Morgan fingerprint density at radius 3 is 2.67 bits per heavy atom. The first-order valence-electron chi connectivity index (χ1n) is 8.57. The highest BCUT2D eigenvalue weighted by molar-refractivity contribution is 5.78. The fourth-order valence-electron chi connectivity index (χ4n) is 3.38. The van der Waals surface area contributed by atoms with Crippen molar-refractivity contribution in [3.8, 4) is 0 Å². The van der Waals surface area contributed by atoms with Gasteiger partial charge in [-0.2, -0.15) is 0 Å². The molecular formula is C18H24N2O4. The largest absolute Gasteiger partial charge is 0.445 e. The molecule has 0 bridgehead atoms. The van der Waals surface area contributed by atoms with Gasteiger partial charge in [-0.05, 0) is 31.2 Å². The Kier molecular flexibility index (Phi) is 5.69.